The molecule has 8 bridgehead atoms. The number of aliphatic hydroxyl groups is 2. The predicted octanol–water partition coefficient (Wildman–Crippen LogP) is 6.06. The lowest BCUT2D eigenvalue weighted by molar-refractivity contribution is -0.168. The number of pyridine rings is 2. The van der Waals surface area contributed by atoms with Crippen LogP contribution in [0.15, 0.2) is 36.7 Å². The first-order valence-corrected chi connectivity index (χ1v) is 23.3. The number of hydrogen-bond acceptors (Lipinski definition) is 10. The molecule has 0 radical (unpaired) electrons. The summed E-state index contributed by atoms with van der Waals surface area (Å²) in [5.74, 6) is 5.02. The minimum absolute atomic E-state index is 0. The van der Waals surface area contributed by atoms with Crippen LogP contribution < -0.4 is 9.80 Å². The summed E-state index contributed by atoms with van der Waals surface area (Å²) in [5, 5.41) is 40.3. The minimum atomic E-state index is -0.343. The van der Waals surface area contributed by atoms with Gasteiger partial charge in [-0.1, -0.05) is 7.43 Å². The summed E-state index contributed by atoms with van der Waals surface area (Å²) in [6.07, 6.45) is 19.6. The predicted molar refractivity (Wildman–Crippen MR) is 230 cm³/mol. The van der Waals surface area contributed by atoms with Crippen molar-refractivity contribution in [2.75, 3.05) is 49.1 Å². The van der Waals surface area contributed by atoms with Crippen LogP contribution in [0.2, 0.25) is 0 Å². The molecule has 8 saturated carbocycles. The topological polar surface area (TPSA) is 161 Å². The van der Waals surface area contributed by atoms with Gasteiger partial charge in [0.2, 0.25) is 11.8 Å². The van der Waals surface area contributed by atoms with E-state index in [1.54, 1.807) is 24.5 Å². The molecule has 2 spiro atoms. The van der Waals surface area contributed by atoms with Crippen molar-refractivity contribution in [3.63, 3.8) is 0 Å². The van der Waals surface area contributed by atoms with Gasteiger partial charge in [-0.2, -0.15) is 10.5 Å². The number of nitriles is 2. The molecular weight excluding hydrogens is 765 g/mol. The van der Waals surface area contributed by atoms with Gasteiger partial charge in [0, 0.05) is 62.7 Å². The molecule has 6 unspecified atom stereocenters. The SMILES string of the molecule is C.N#Cc1cccnc1N1CCCC2(CCN(C34CC5CC(C3)C(O)C(C5)C4)C2=O)C1.N#Cc1cccnc1N1CCCC2(CCN(C34CC5CC(C3)C(O)C(C5)C4)C2=O)C1. The molecule has 12 fully saturated rings. The molecule has 6 heterocycles. The molecule has 61 heavy (non-hydrogen) atoms. The van der Waals surface area contributed by atoms with Crippen LogP contribution in [0.1, 0.15) is 121 Å². The number of aliphatic hydroxyl groups excluding tert-OH is 2. The first kappa shape index (κ1) is 40.8. The van der Waals surface area contributed by atoms with E-state index < -0.39 is 0 Å². The summed E-state index contributed by atoms with van der Waals surface area (Å²) in [6, 6.07) is 11.7. The Morgan fingerprint density at radius 2 is 0.984 bits per heavy atom. The number of carbonyl (C=O) groups excluding carboxylic acids is 2. The first-order chi connectivity index (χ1) is 29.1. The van der Waals surface area contributed by atoms with E-state index in [2.05, 4.69) is 41.7 Å². The van der Waals surface area contributed by atoms with Gasteiger partial charge in [0.1, 0.15) is 23.8 Å². The lowest BCUT2D eigenvalue weighted by Gasteiger charge is -2.61. The van der Waals surface area contributed by atoms with Crippen molar-refractivity contribution in [1.29, 1.82) is 10.5 Å². The van der Waals surface area contributed by atoms with Crippen molar-refractivity contribution in [3.8, 4) is 12.1 Å². The van der Waals surface area contributed by atoms with Crippen molar-refractivity contribution in [3.05, 3.63) is 47.8 Å². The number of carbonyl (C=O) groups is 2. The van der Waals surface area contributed by atoms with Gasteiger partial charge in [0.05, 0.1) is 34.2 Å². The van der Waals surface area contributed by atoms with E-state index in [4.69, 9.17) is 0 Å². The zero-order chi connectivity index (χ0) is 41.0. The van der Waals surface area contributed by atoms with Crippen molar-refractivity contribution in [2.24, 2.45) is 46.3 Å². The Labute approximate surface area is 361 Å². The minimum Gasteiger partial charge on any atom is -0.393 e. The van der Waals surface area contributed by atoms with Crippen molar-refractivity contribution >= 4 is 23.5 Å². The number of aromatic nitrogens is 2. The second kappa shape index (κ2) is 14.9. The quantitative estimate of drug-likeness (QED) is 0.371. The van der Waals surface area contributed by atoms with Crippen LogP contribution in [-0.2, 0) is 9.59 Å². The van der Waals surface area contributed by atoms with E-state index in [-0.39, 0.29) is 41.5 Å². The van der Waals surface area contributed by atoms with Gasteiger partial charge in [-0.3, -0.25) is 9.59 Å². The van der Waals surface area contributed by atoms with Gasteiger partial charge in [-0.25, -0.2) is 9.97 Å². The molecule has 12 heteroatoms. The van der Waals surface area contributed by atoms with Gasteiger partial charge in [0.25, 0.3) is 0 Å². The molecule has 2 N–H and O–H groups in total. The third-order valence-corrected chi connectivity index (χ3v) is 18.1. The summed E-state index contributed by atoms with van der Waals surface area (Å²) in [5.41, 5.74) is 0.469. The highest BCUT2D eigenvalue weighted by molar-refractivity contribution is 5.87. The lowest BCUT2D eigenvalue weighted by atomic mass is 9.51. The maximum atomic E-state index is 14.0. The maximum Gasteiger partial charge on any atom is 0.231 e. The normalized spacial score (nSPS) is 41.5. The van der Waals surface area contributed by atoms with Gasteiger partial charge in [-0.05, 0) is 163 Å². The van der Waals surface area contributed by atoms with E-state index in [0.717, 1.165) is 141 Å². The van der Waals surface area contributed by atoms with E-state index >= 15 is 0 Å². The van der Waals surface area contributed by atoms with Crippen LogP contribution in [-0.4, -0.2) is 104 Å². The number of anilines is 2. The monoisotopic (exact) mass is 829 g/mol. The van der Waals surface area contributed by atoms with Crippen LogP contribution in [0.3, 0.4) is 0 Å². The van der Waals surface area contributed by atoms with Gasteiger partial charge in [-0.15, -0.1) is 0 Å². The molecule has 2 amide bonds. The average molecular weight is 829 g/mol. The molecule has 324 valence electrons. The van der Waals surface area contributed by atoms with Gasteiger partial charge >= 0.3 is 0 Å². The second-order valence-electron chi connectivity index (χ2n) is 21.4. The van der Waals surface area contributed by atoms with E-state index in [0.29, 0.717) is 71.5 Å². The molecule has 4 aliphatic heterocycles. The summed E-state index contributed by atoms with van der Waals surface area (Å²) < 4.78 is 0. The fraction of sp³-hybridized carbons (Fsp3) is 0.714. The molecule has 6 atom stereocenters. The Bertz CT molecular complexity index is 1970. The zero-order valence-corrected chi connectivity index (χ0v) is 34.9. The summed E-state index contributed by atoms with van der Waals surface area (Å²) >= 11 is 0. The Kier molecular flexibility index (Phi) is 9.99. The number of piperidine rings is 2. The molecule has 12 nitrogen and oxygen atoms in total. The third kappa shape index (κ3) is 6.31. The van der Waals surface area contributed by atoms with E-state index in [9.17, 15) is 30.3 Å². The number of rotatable bonds is 4. The molecular formula is C49H64N8O4. The molecule has 4 saturated heterocycles. The van der Waals surface area contributed by atoms with Crippen LogP contribution >= 0.6 is 0 Å². The molecule has 2 aromatic rings. The summed E-state index contributed by atoms with van der Waals surface area (Å²) in [4.78, 5) is 45.8. The summed E-state index contributed by atoms with van der Waals surface area (Å²) in [7, 11) is 0. The fourth-order valence-corrected chi connectivity index (χ4v) is 16.0. The fourth-order valence-electron chi connectivity index (χ4n) is 16.0. The van der Waals surface area contributed by atoms with Crippen LogP contribution in [0, 0.1) is 69.0 Å². The molecule has 14 rings (SSSR count). The van der Waals surface area contributed by atoms with Crippen molar-refractivity contribution < 1.29 is 19.8 Å². The molecule has 12 aliphatic rings. The Morgan fingerprint density at radius 1 is 0.590 bits per heavy atom. The van der Waals surface area contributed by atoms with E-state index in [1.165, 1.54) is 0 Å². The molecule has 8 aliphatic carbocycles. The second-order valence-corrected chi connectivity index (χ2v) is 21.4. The van der Waals surface area contributed by atoms with Crippen molar-refractivity contribution in [1.82, 2.24) is 19.8 Å². The average Bonchev–Trinajstić information content (AvgIpc) is 3.75. The van der Waals surface area contributed by atoms with Crippen LogP contribution in [0.25, 0.3) is 0 Å². The first-order valence-electron chi connectivity index (χ1n) is 23.3. The zero-order valence-electron chi connectivity index (χ0n) is 34.9. The maximum absolute atomic E-state index is 14.0. The Hall–Kier alpha value is -4.26. The van der Waals surface area contributed by atoms with Gasteiger partial charge in [0.15, 0.2) is 0 Å². The molecule has 0 aromatic carbocycles. The number of hydrogen-bond donors (Lipinski definition) is 2. The highest BCUT2D eigenvalue weighted by atomic mass is 16.3. The number of amides is 2. The standard InChI is InChI=1S/2C24H30N4O2.CH4/c2*25-14-17-3-1-6-26-21(17)27-7-2-4-23(15-27)5-8-28(22(23)30)24-11-16-9-18(12-24)20(29)19(10-16)13-24;/h2*1,3,6,16,18-20,29H,2,4-5,7-13,15H2;1H4. The lowest BCUT2D eigenvalue weighted by Crippen LogP contribution is -2.65. The Morgan fingerprint density at radius 3 is 1.36 bits per heavy atom. The van der Waals surface area contributed by atoms with Crippen LogP contribution in [0.5, 0.6) is 0 Å². The van der Waals surface area contributed by atoms with Crippen LogP contribution in [0.4, 0.5) is 11.6 Å². The van der Waals surface area contributed by atoms with Crippen molar-refractivity contribution in [2.45, 2.75) is 133 Å². The number of nitrogens with zero attached hydrogens (tertiary/aromatic N) is 8. The number of likely N-dealkylation sites (tertiary alicyclic amines) is 2. The third-order valence-electron chi connectivity index (χ3n) is 18.1. The smallest absolute Gasteiger partial charge is 0.231 e. The summed E-state index contributed by atoms with van der Waals surface area (Å²) in [6.45, 7) is 4.74. The highest BCUT2D eigenvalue weighted by Gasteiger charge is 2.64. The highest BCUT2D eigenvalue weighted by Crippen LogP contribution is 2.61. The van der Waals surface area contributed by atoms with Gasteiger partial charge < -0.3 is 29.8 Å². The molecule has 2 aromatic heterocycles. The Balaban J connectivity index is 0.000000144. The largest absolute Gasteiger partial charge is 0.393 e. The van der Waals surface area contributed by atoms with E-state index in [1.807, 2.05) is 12.1 Å².